The van der Waals surface area contributed by atoms with Crippen molar-refractivity contribution in [2.45, 2.75) is 19.0 Å². The molecule has 0 saturated heterocycles. The number of carbonyl (C=O) groups is 1. The van der Waals surface area contributed by atoms with E-state index in [4.69, 9.17) is 0 Å². The predicted octanol–water partition coefficient (Wildman–Crippen LogP) is 4.12. The fourth-order valence-electron chi connectivity index (χ4n) is 2.94. The lowest BCUT2D eigenvalue weighted by atomic mass is 9.95. The second kappa shape index (κ2) is 6.83. The van der Waals surface area contributed by atoms with Crippen molar-refractivity contribution >= 4 is 29.4 Å². The average molecular weight is 354 g/mol. The molecule has 0 fully saturated rings. The molecule has 0 heterocycles. The van der Waals surface area contributed by atoms with Gasteiger partial charge in [-0.1, -0.05) is 54.6 Å². The summed E-state index contributed by atoms with van der Waals surface area (Å²) < 4.78 is 13.0. The molecule has 4 nitrogen and oxygen atoms in total. The Hall–Kier alpha value is -2.42. The lowest BCUT2D eigenvalue weighted by molar-refractivity contribution is -0.138. The fourth-order valence-corrected chi connectivity index (χ4v) is 4.51. The van der Waals surface area contributed by atoms with Gasteiger partial charge in [-0.2, -0.15) is 0 Å². The molecule has 2 unspecified atom stereocenters. The average Bonchev–Trinajstić information content (AvgIpc) is 2.60. The van der Waals surface area contributed by atoms with E-state index in [0.29, 0.717) is 5.56 Å². The van der Waals surface area contributed by atoms with Gasteiger partial charge in [0.1, 0.15) is 0 Å². The number of carboxylic acid groups (broad SMARTS) is 1. The van der Waals surface area contributed by atoms with Gasteiger partial charge >= 0.3 is 5.97 Å². The van der Waals surface area contributed by atoms with E-state index in [-0.39, 0.29) is 11.5 Å². The molecule has 2 N–H and O–H groups in total. The first-order chi connectivity index (χ1) is 11.9. The van der Waals surface area contributed by atoms with Crippen LogP contribution in [0.15, 0.2) is 66.7 Å². The molecule has 0 amide bonds. The highest BCUT2D eigenvalue weighted by atomic mass is 31.2. The molecule has 25 heavy (non-hydrogen) atoms. The van der Waals surface area contributed by atoms with Gasteiger partial charge in [0.25, 0.3) is 0 Å². The van der Waals surface area contributed by atoms with Crippen molar-refractivity contribution in [3.8, 4) is 0 Å². The Morgan fingerprint density at radius 1 is 1.04 bits per heavy atom. The summed E-state index contributed by atoms with van der Waals surface area (Å²) in [7, 11) is -3.66. The van der Waals surface area contributed by atoms with Gasteiger partial charge in [-0.3, -0.25) is 9.36 Å². The van der Waals surface area contributed by atoms with Gasteiger partial charge in [-0.25, -0.2) is 0 Å². The molecule has 0 bridgehead atoms. The summed E-state index contributed by atoms with van der Waals surface area (Å²) in [6.07, 6.45) is 0.0209. The highest BCUT2D eigenvalue weighted by Crippen LogP contribution is 2.44. The van der Waals surface area contributed by atoms with Crippen LogP contribution in [0.4, 0.5) is 0 Å². The van der Waals surface area contributed by atoms with E-state index < -0.39 is 19.3 Å². The first-order valence-corrected chi connectivity index (χ1v) is 9.85. The Bertz CT molecular complexity index is 966. The number of aliphatic carboxylic acids is 1. The fraction of sp³-hybridized carbons (Fsp3) is 0.150. The van der Waals surface area contributed by atoms with Gasteiger partial charge in [-0.15, -0.1) is 0 Å². The molecule has 0 spiro atoms. The molecular weight excluding hydrogens is 335 g/mol. The Morgan fingerprint density at radius 2 is 1.68 bits per heavy atom. The zero-order chi connectivity index (χ0) is 18.0. The van der Waals surface area contributed by atoms with Gasteiger partial charge in [0.2, 0.25) is 7.37 Å². The summed E-state index contributed by atoms with van der Waals surface area (Å²) in [4.78, 5) is 22.1. The van der Waals surface area contributed by atoms with Crippen LogP contribution in [0.1, 0.15) is 24.0 Å². The maximum Gasteiger partial charge on any atom is 0.310 e. The van der Waals surface area contributed by atoms with Gasteiger partial charge in [-0.05, 0) is 41.0 Å². The Morgan fingerprint density at radius 3 is 2.36 bits per heavy atom. The van der Waals surface area contributed by atoms with Crippen molar-refractivity contribution < 1.29 is 19.4 Å². The number of fused-ring (bicyclic) bond motifs is 1. The minimum atomic E-state index is -3.66. The molecule has 0 radical (unpaired) electrons. The third-order valence-corrected chi connectivity index (χ3v) is 6.22. The van der Waals surface area contributed by atoms with Crippen LogP contribution in [0.25, 0.3) is 10.8 Å². The topological polar surface area (TPSA) is 74.6 Å². The number of benzene rings is 3. The summed E-state index contributed by atoms with van der Waals surface area (Å²) in [5, 5.41) is 11.2. The maximum atomic E-state index is 13.0. The first-order valence-electron chi connectivity index (χ1n) is 8.00. The summed E-state index contributed by atoms with van der Waals surface area (Å²) in [6.45, 7) is 1.59. The lowest BCUT2D eigenvalue weighted by Gasteiger charge is -2.17. The SMILES string of the molecule is CC(C(=O)O)c1cc(P(=O)(O)Cc2ccccc2)cc2ccccc12. The molecule has 2 atom stereocenters. The quantitative estimate of drug-likeness (QED) is 0.676. The van der Waals surface area contributed by atoms with Gasteiger partial charge < -0.3 is 10.00 Å². The van der Waals surface area contributed by atoms with E-state index in [9.17, 15) is 19.4 Å². The zero-order valence-electron chi connectivity index (χ0n) is 13.8. The van der Waals surface area contributed by atoms with Crippen LogP contribution in [-0.4, -0.2) is 16.0 Å². The van der Waals surface area contributed by atoms with Crippen LogP contribution < -0.4 is 5.30 Å². The smallest absolute Gasteiger partial charge is 0.310 e. The molecule has 0 aliphatic carbocycles. The molecule has 0 saturated carbocycles. The highest BCUT2D eigenvalue weighted by Gasteiger charge is 2.25. The Labute approximate surface area is 146 Å². The summed E-state index contributed by atoms with van der Waals surface area (Å²) in [5.74, 6) is -1.72. The summed E-state index contributed by atoms with van der Waals surface area (Å²) >= 11 is 0. The second-order valence-electron chi connectivity index (χ2n) is 6.16. The van der Waals surface area contributed by atoms with Crippen molar-refractivity contribution in [3.63, 3.8) is 0 Å². The van der Waals surface area contributed by atoms with Crippen molar-refractivity contribution in [1.82, 2.24) is 0 Å². The molecule has 0 aromatic heterocycles. The minimum Gasteiger partial charge on any atom is -0.481 e. The van der Waals surface area contributed by atoms with Crippen LogP contribution >= 0.6 is 7.37 Å². The van der Waals surface area contributed by atoms with Crippen LogP contribution in [-0.2, 0) is 15.5 Å². The third-order valence-electron chi connectivity index (χ3n) is 4.36. The molecule has 0 aliphatic heterocycles. The Kier molecular flexibility index (Phi) is 4.76. The normalized spacial score (nSPS) is 14.8. The predicted molar refractivity (Wildman–Crippen MR) is 99.6 cm³/mol. The number of carboxylic acids is 1. The first kappa shape index (κ1) is 17.4. The van der Waals surface area contributed by atoms with E-state index in [2.05, 4.69) is 0 Å². The molecule has 128 valence electrons. The molecule has 0 aliphatic rings. The van der Waals surface area contributed by atoms with Gasteiger partial charge in [0, 0.05) is 5.30 Å². The molecule has 3 rings (SSSR count). The molecule has 3 aromatic rings. The van der Waals surface area contributed by atoms with E-state index in [1.807, 2.05) is 54.6 Å². The number of hydrogen-bond acceptors (Lipinski definition) is 2. The van der Waals surface area contributed by atoms with E-state index >= 15 is 0 Å². The number of hydrogen-bond donors (Lipinski definition) is 2. The van der Waals surface area contributed by atoms with Gasteiger partial charge in [0.15, 0.2) is 0 Å². The summed E-state index contributed by atoms with van der Waals surface area (Å²) in [5.41, 5.74) is 1.33. The van der Waals surface area contributed by atoms with Crippen molar-refractivity contribution in [2.75, 3.05) is 0 Å². The van der Waals surface area contributed by atoms with Crippen LogP contribution in [0.5, 0.6) is 0 Å². The monoisotopic (exact) mass is 354 g/mol. The van der Waals surface area contributed by atoms with E-state index in [1.165, 1.54) is 0 Å². The number of rotatable bonds is 5. The van der Waals surface area contributed by atoms with Crippen LogP contribution in [0.2, 0.25) is 0 Å². The van der Waals surface area contributed by atoms with Crippen molar-refractivity contribution in [2.24, 2.45) is 0 Å². The van der Waals surface area contributed by atoms with Crippen molar-refractivity contribution in [3.05, 3.63) is 77.9 Å². The second-order valence-corrected chi connectivity index (χ2v) is 8.40. The maximum absolute atomic E-state index is 13.0. The van der Waals surface area contributed by atoms with E-state index in [0.717, 1.165) is 16.3 Å². The highest BCUT2D eigenvalue weighted by molar-refractivity contribution is 7.65. The minimum absolute atomic E-state index is 0.0209. The zero-order valence-corrected chi connectivity index (χ0v) is 14.7. The van der Waals surface area contributed by atoms with Crippen LogP contribution in [0.3, 0.4) is 0 Å². The van der Waals surface area contributed by atoms with Crippen LogP contribution in [0, 0.1) is 0 Å². The van der Waals surface area contributed by atoms with E-state index in [1.54, 1.807) is 19.1 Å². The summed E-state index contributed by atoms with van der Waals surface area (Å²) in [6, 6.07) is 19.7. The van der Waals surface area contributed by atoms with Gasteiger partial charge in [0.05, 0.1) is 12.1 Å². The molecule has 3 aromatic carbocycles. The Balaban J connectivity index is 2.13. The largest absolute Gasteiger partial charge is 0.481 e. The molecular formula is C20H19O4P. The molecule has 5 heteroatoms. The van der Waals surface area contributed by atoms with Crippen molar-refractivity contribution in [1.29, 1.82) is 0 Å². The third kappa shape index (κ3) is 3.65. The standard InChI is InChI=1S/C20H19O4P/c1-14(20(21)22)19-12-17(11-16-9-5-6-10-18(16)19)25(23,24)13-15-7-3-2-4-8-15/h2-12,14H,13H2,1H3,(H,21,22)(H,23,24). The lowest BCUT2D eigenvalue weighted by Crippen LogP contribution is -2.13.